The fourth-order valence-electron chi connectivity index (χ4n) is 3.72. The summed E-state index contributed by atoms with van der Waals surface area (Å²) in [4.78, 5) is 28.2. The van der Waals surface area contributed by atoms with Crippen molar-refractivity contribution in [3.05, 3.63) is 66.2 Å². The lowest BCUT2D eigenvalue weighted by molar-refractivity contribution is 0.0925. The summed E-state index contributed by atoms with van der Waals surface area (Å²) in [5.41, 5.74) is 3.06. The van der Waals surface area contributed by atoms with Gasteiger partial charge in [-0.05, 0) is 49.7 Å². The average Bonchev–Trinajstić information content (AvgIpc) is 2.75. The topological polar surface area (TPSA) is 71.0 Å². The van der Waals surface area contributed by atoms with Gasteiger partial charge in [-0.2, -0.15) is 0 Å². The standard InChI is InChI=1S/C21H23N5O/c27-21(17-7-4-8-18-20(17)24-11-10-23-18)25-15-19(16-6-5-9-22-14-16)26-12-2-1-3-13-26/h4-11,14,19H,1-3,12-13,15H2,(H,25,27)/t19-/m0/s1. The zero-order chi connectivity index (χ0) is 18.5. The summed E-state index contributed by atoms with van der Waals surface area (Å²) in [6.45, 7) is 2.64. The van der Waals surface area contributed by atoms with Crippen LogP contribution in [0.4, 0.5) is 0 Å². The number of likely N-dealkylation sites (tertiary alicyclic amines) is 1. The summed E-state index contributed by atoms with van der Waals surface area (Å²) in [6, 6.07) is 9.67. The van der Waals surface area contributed by atoms with Gasteiger partial charge in [-0.15, -0.1) is 0 Å². The van der Waals surface area contributed by atoms with Crippen molar-refractivity contribution in [1.29, 1.82) is 0 Å². The molecule has 2 aromatic heterocycles. The second kappa shape index (κ2) is 8.22. The lowest BCUT2D eigenvalue weighted by atomic mass is 10.0. The van der Waals surface area contributed by atoms with Gasteiger partial charge >= 0.3 is 0 Å². The molecule has 1 N–H and O–H groups in total. The van der Waals surface area contributed by atoms with Gasteiger partial charge < -0.3 is 5.32 Å². The summed E-state index contributed by atoms with van der Waals surface area (Å²) in [5.74, 6) is -0.119. The van der Waals surface area contributed by atoms with Crippen LogP contribution in [0.25, 0.3) is 11.0 Å². The number of carbonyl (C=O) groups is 1. The van der Waals surface area contributed by atoms with Gasteiger partial charge in [0.1, 0.15) is 5.52 Å². The quantitative estimate of drug-likeness (QED) is 0.756. The molecule has 1 saturated heterocycles. The normalized spacial score (nSPS) is 16.1. The molecule has 1 aliphatic heterocycles. The van der Waals surface area contributed by atoms with E-state index in [1.165, 1.54) is 19.3 Å². The van der Waals surface area contributed by atoms with Crippen molar-refractivity contribution in [2.24, 2.45) is 0 Å². The molecule has 138 valence electrons. The van der Waals surface area contributed by atoms with Crippen molar-refractivity contribution in [2.75, 3.05) is 19.6 Å². The van der Waals surface area contributed by atoms with E-state index < -0.39 is 0 Å². The molecule has 0 aliphatic carbocycles. The van der Waals surface area contributed by atoms with Crippen molar-refractivity contribution in [2.45, 2.75) is 25.3 Å². The summed E-state index contributed by atoms with van der Waals surface area (Å²) in [5, 5.41) is 3.11. The Morgan fingerprint density at radius 3 is 2.70 bits per heavy atom. The number of hydrogen-bond donors (Lipinski definition) is 1. The van der Waals surface area contributed by atoms with E-state index in [2.05, 4.69) is 31.2 Å². The van der Waals surface area contributed by atoms with Crippen LogP contribution in [0.1, 0.15) is 41.2 Å². The highest BCUT2D eigenvalue weighted by Crippen LogP contribution is 2.24. The number of fused-ring (bicyclic) bond motifs is 1. The Kier molecular flexibility index (Phi) is 5.34. The molecule has 0 radical (unpaired) electrons. The SMILES string of the molecule is O=C(NC[C@@H](c1cccnc1)N1CCCCC1)c1cccc2nccnc12. The summed E-state index contributed by atoms with van der Waals surface area (Å²) < 4.78 is 0. The van der Waals surface area contributed by atoms with Crippen LogP contribution < -0.4 is 5.32 Å². The Bertz CT molecular complexity index is 903. The van der Waals surface area contributed by atoms with E-state index in [-0.39, 0.29) is 11.9 Å². The number of amides is 1. The van der Waals surface area contributed by atoms with Crippen molar-refractivity contribution >= 4 is 16.9 Å². The molecular formula is C21H23N5O. The first-order valence-corrected chi connectivity index (χ1v) is 9.45. The van der Waals surface area contributed by atoms with E-state index in [9.17, 15) is 4.79 Å². The van der Waals surface area contributed by atoms with Crippen LogP contribution in [0.2, 0.25) is 0 Å². The minimum absolute atomic E-state index is 0.119. The molecule has 1 amide bonds. The number of nitrogens with zero attached hydrogens (tertiary/aromatic N) is 4. The number of piperidine rings is 1. The largest absolute Gasteiger partial charge is 0.350 e. The Hall–Kier alpha value is -2.86. The fourth-order valence-corrected chi connectivity index (χ4v) is 3.72. The maximum Gasteiger partial charge on any atom is 0.253 e. The monoisotopic (exact) mass is 361 g/mol. The van der Waals surface area contributed by atoms with Crippen LogP contribution in [-0.4, -0.2) is 45.4 Å². The number of rotatable bonds is 5. The van der Waals surface area contributed by atoms with Crippen LogP contribution in [0.15, 0.2) is 55.1 Å². The molecule has 4 rings (SSSR count). The third kappa shape index (κ3) is 3.95. The van der Waals surface area contributed by atoms with Crippen LogP contribution in [0.3, 0.4) is 0 Å². The summed E-state index contributed by atoms with van der Waals surface area (Å²) in [6.07, 6.45) is 10.6. The third-order valence-corrected chi connectivity index (χ3v) is 5.10. The third-order valence-electron chi connectivity index (χ3n) is 5.10. The number of aromatic nitrogens is 3. The zero-order valence-electron chi connectivity index (χ0n) is 15.2. The summed E-state index contributed by atoms with van der Waals surface area (Å²) >= 11 is 0. The minimum atomic E-state index is -0.119. The second-order valence-corrected chi connectivity index (χ2v) is 6.84. The van der Waals surface area contributed by atoms with Crippen LogP contribution in [0.5, 0.6) is 0 Å². The van der Waals surface area contributed by atoms with E-state index in [0.29, 0.717) is 17.6 Å². The van der Waals surface area contributed by atoms with Crippen molar-refractivity contribution < 1.29 is 4.79 Å². The van der Waals surface area contributed by atoms with E-state index in [0.717, 1.165) is 24.2 Å². The number of nitrogens with one attached hydrogen (secondary N) is 1. The molecule has 0 bridgehead atoms. The van der Waals surface area contributed by atoms with Gasteiger partial charge in [0.25, 0.3) is 5.91 Å². The van der Waals surface area contributed by atoms with Crippen LogP contribution in [-0.2, 0) is 0 Å². The predicted molar refractivity (Wildman–Crippen MR) is 104 cm³/mol. The molecule has 0 spiro atoms. The predicted octanol–water partition coefficient (Wildman–Crippen LogP) is 2.98. The van der Waals surface area contributed by atoms with Crippen LogP contribution >= 0.6 is 0 Å². The molecular weight excluding hydrogens is 338 g/mol. The van der Waals surface area contributed by atoms with E-state index in [4.69, 9.17) is 0 Å². The average molecular weight is 361 g/mol. The van der Waals surface area contributed by atoms with Crippen LogP contribution in [0, 0.1) is 0 Å². The van der Waals surface area contributed by atoms with Gasteiger partial charge in [0.15, 0.2) is 0 Å². The Morgan fingerprint density at radius 2 is 1.89 bits per heavy atom. The van der Waals surface area contributed by atoms with E-state index in [1.807, 2.05) is 24.4 Å². The minimum Gasteiger partial charge on any atom is -0.350 e. The number of pyridine rings is 1. The van der Waals surface area contributed by atoms with E-state index in [1.54, 1.807) is 24.7 Å². The Labute approximate surface area is 158 Å². The fraction of sp³-hybridized carbons (Fsp3) is 0.333. The highest BCUT2D eigenvalue weighted by atomic mass is 16.1. The van der Waals surface area contributed by atoms with E-state index >= 15 is 0 Å². The zero-order valence-corrected chi connectivity index (χ0v) is 15.2. The van der Waals surface area contributed by atoms with Gasteiger partial charge in [0.2, 0.25) is 0 Å². The molecule has 1 aliphatic rings. The number of para-hydroxylation sites is 1. The highest BCUT2D eigenvalue weighted by Gasteiger charge is 2.23. The Balaban J connectivity index is 1.54. The number of carbonyl (C=O) groups excluding carboxylic acids is 1. The molecule has 1 fully saturated rings. The first-order valence-electron chi connectivity index (χ1n) is 9.45. The van der Waals surface area contributed by atoms with Crippen molar-refractivity contribution in [3.63, 3.8) is 0 Å². The molecule has 6 nitrogen and oxygen atoms in total. The molecule has 1 atom stereocenters. The first-order chi connectivity index (χ1) is 13.3. The van der Waals surface area contributed by atoms with Gasteiger partial charge in [0.05, 0.1) is 17.1 Å². The molecule has 0 unspecified atom stereocenters. The molecule has 6 heteroatoms. The lowest BCUT2D eigenvalue weighted by Gasteiger charge is -2.34. The van der Waals surface area contributed by atoms with Crippen molar-refractivity contribution in [1.82, 2.24) is 25.2 Å². The molecule has 3 aromatic rings. The second-order valence-electron chi connectivity index (χ2n) is 6.84. The van der Waals surface area contributed by atoms with Gasteiger partial charge in [-0.25, -0.2) is 0 Å². The smallest absolute Gasteiger partial charge is 0.253 e. The lowest BCUT2D eigenvalue weighted by Crippen LogP contribution is -2.40. The van der Waals surface area contributed by atoms with Crippen molar-refractivity contribution in [3.8, 4) is 0 Å². The highest BCUT2D eigenvalue weighted by molar-refractivity contribution is 6.04. The maximum atomic E-state index is 12.9. The van der Waals surface area contributed by atoms with Gasteiger partial charge in [-0.1, -0.05) is 18.6 Å². The number of hydrogen-bond acceptors (Lipinski definition) is 5. The maximum absolute atomic E-state index is 12.9. The molecule has 27 heavy (non-hydrogen) atoms. The first kappa shape index (κ1) is 17.5. The summed E-state index contributed by atoms with van der Waals surface area (Å²) in [7, 11) is 0. The Morgan fingerprint density at radius 1 is 1.04 bits per heavy atom. The number of benzene rings is 1. The molecule has 3 heterocycles. The molecule has 0 saturated carbocycles. The van der Waals surface area contributed by atoms with Gasteiger partial charge in [-0.3, -0.25) is 24.6 Å². The molecule has 1 aromatic carbocycles. The van der Waals surface area contributed by atoms with Gasteiger partial charge in [0, 0.05) is 31.3 Å².